The molecule has 3 heterocycles. The lowest BCUT2D eigenvalue weighted by Gasteiger charge is -2.36. The summed E-state index contributed by atoms with van der Waals surface area (Å²) in [6.07, 6.45) is -1.13. The van der Waals surface area contributed by atoms with Crippen molar-refractivity contribution in [1.82, 2.24) is 10.2 Å². The van der Waals surface area contributed by atoms with Crippen molar-refractivity contribution >= 4 is 51.3 Å². The van der Waals surface area contributed by atoms with E-state index < -0.39 is 22.9 Å². The number of nitrogens with one attached hydrogen (secondary N) is 1. The van der Waals surface area contributed by atoms with Crippen LogP contribution in [0.5, 0.6) is 0 Å². The summed E-state index contributed by atoms with van der Waals surface area (Å²) < 4.78 is 20.3. The predicted octanol–water partition coefficient (Wildman–Crippen LogP) is 2.29. The van der Waals surface area contributed by atoms with Crippen LogP contribution in [0.15, 0.2) is 24.3 Å². The lowest BCUT2D eigenvalue weighted by molar-refractivity contribution is -0.379. The molecule has 14 heteroatoms. The van der Waals surface area contributed by atoms with Gasteiger partial charge in [-0.25, -0.2) is 9.18 Å². The highest BCUT2D eigenvalue weighted by Gasteiger charge is 2.33. The van der Waals surface area contributed by atoms with Gasteiger partial charge in [-0.1, -0.05) is 11.3 Å². The first-order valence-corrected chi connectivity index (χ1v) is 12.4. The number of ether oxygens (including phenoxy) is 1. The molecular weight excluding hydrogens is 507 g/mol. The monoisotopic (exact) mass is 534 g/mol. The van der Waals surface area contributed by atoms with Crippen LogP contribution in [0.1, 0.15) is 16.6 Å². The molecule has 2 aliphatic heterocycles. The minimum atomic E-state index is -0.610. The standard InChI is InChI=1S/C23H27FN6O6S/c1-14(31)25-12-16-13-29(23(33)36-16)15-4-5-18(17(24)10-15)27-6-8-28(9-7-27)21(32)20-11-19(26(2)3)22(37-20)30(34)35/h4-5,10-11,16H,6-9,12-13H2,1-3H3,(H,25,31)/t16-/m0/s1. The van der Waals surface area contributed by atoms with Crippen molar-refractivity contribution in [1.29, 1.82) is 0 Å². The van der Waals surface area contributed by atoms with Gasteiger partial charge in [-0.3, -0.25) is 24.6 Å². The number of amides is 3. The van der Waals surface area contributed by atoms with Crippen LogP contribution in [0.3, 0.4) is 0 Å². The van der Waals surface area contributed by atoms with E-state index in [9.17, 15) is 24.5 Å². The van der Waals surface area contributed by atoms with E-state index in [1.807, 2.05) is 4.90 Å². The van der Waals surface area contributed by atoms with Gasteiger partial charge < -0.3 is 24.8 Å². The van der Waals surface area contributed by atoms with Crippen LogP contribution in [0.25, 0.3) is 0 Å². The number of carbonyl (C=O) groups is 3. The van der Waals surface area contributed by atoms with E-state index in [1.165, 1.54) is 24.0 Å². The van der Waals surface area contributed by atoms with E-state index in [0.29, 0.717) is 43.2 Å². The Bertz CT molecular complexity index is 1230. The third-order valence-corrected chi connectivity index (χ3v) is 7.22. The zero-order valence-electron chi connectivity index (χ0n) is 20.6. The number of carbonyl (C=O) groups excluding carboxylic acids is 3. The van der Waals surface area contributed by atoms with Gasteiger partial charge in [0, 0.05) is 47.2 Å². The van der Waals surface area contributed by atoms with Crippen molar-refractivity contribution in [2.75, 3.05) is 68.1 Å². The zero-order valence-corrected chi connectivity index (χ0v) is 21.4. The molecule has 0 saturated carbocycles. The molecule has 2 saturated heterocycles. The summed E-state index contributed by atoms with van der Waals surface area (Å²) in [6, 6.07) is 6.01. The van der Waals surface area contributed by atoms with E-state index in [1.54, 1.807) is 36.0 Å². The van der Waals surface area contributed by atoms with Crippen LogP contribution in [-0.2, 0) is 9.53 Å². The van der Waals surface area contributed by atoms with Gasteiger partial charge in [0.2, 0.25) is 5.91 Å². The predicted molar refractivity (Wildman–Crippen MR) is 136 cm³/mol. The van der Waals surface area contributed by atoms with Crippen LogP contribution in [0.2, 0.25) is 0 Å². The van der Waals surface area contributed by atoms with Crippen LogP contribution < -0.4 is 20.0 Å². The molecule has 0 spiro atoms. The molecule has 37 heavy (non-hydrogen) atoms. The highest BCUT2D eigenvalue weighted by Crippen LogP contribution is 2.37. The number of cyclic esters (lactones) is 1. The molecule has 4 rings (SSSR count). The second-order valence-electron chi connectivity index (χ2n) is 8.92. The Morgan fingerprint density at radius 1 is 1.24 bits per heavy atom. The molecule has 3 amide bonds. The normalized spacial score (nSPS) is 17.6. The average Bonchev–Trinajstić information content (AvgIpc) is 3.47. The maximum atomic E-state index is 15.1. The maximum absolute atomic E-state index is 15.1. The SMILES string of the molecule is CC(=O)NC[C@H]1CN(c2ccc(N3CCN(C(=O)c4cc(N(C)C)c([N+](=O)[O-])s4)CC3)c(F)c2)C(=O)O1. The van der Waals surface area contributed by atoms with E-state index in [-0.39, 0.29) is 34.8 Å². The average molecular weight is 535 g/mol. The van der Waals surface area contributed by atoms with Crippen molar-refractivity contribution in [2.24, 2.45) is 0 Å². The first-order chi connectivity index (χ1) is 17.5. The van der Waals surface area contributed by atoms with Crippen molar-refractivity contribution < 1.29 is 28.4 Å². The van der Waals surface area contributed by atoms with E-state index in [2.05, 4.69) is 5.32 Å². The Hall–Kier alpha value is -3.94. The summed E-state index contributed by atoms with van der Waals surface area (Å²) in [5.74, 6) is -1.04. The molecule has 1 aromatic heterocycles. The fourth-order valence-electron chi connectivity index (χ4n) is 4.25. The summed E-state index contributed by atoms with van der Waals surface area (Å²) >= 11 is 0.847. The van der Waals surface area contributed by atoms with Crippen LogP contribution in [0, 0.1) is 15.9 Å². The highest BCUT2D eigenvalue weighted by atomic mass is 32.1. The number of rotatable bonds is 7. The molecule has 12 nitrogen and oxygen atoms in total. The van der Waals surface area contributed by atoms with Gasteiger partial charge in [0.05, 0.1) is 29.4 Å². The number of hydrogen-bond donors (Lipinski definition) is 1. The minimum absolute atomic E-state index is 0.0857. The molecule has 198 valence electrons. The van der Waals surface area contributed by atoms with Gasteiger partial charge in [0.1, 0.15) is 22.5 Å². The quantitative estimate of drug-likeness (QED) is 0.423. The molecule has 2 fully saturated rings. The smallest absolute Gasteiger partial charge is 0.414 e. The molecule has 0 aliphatic carbocycles. The van der Waals surface area contributed by atoms with Gasteiger partial charge in [-0.05, 0) is 24.3 Å². The van der Waals surface area contributed by atoms with Gasteiger partial charge >= 0.3 is 11.1 Å². The fraction of sp³-hybridized carbons (Fsp3) is 0.435. The van der Waals surface area contributed by atoms with Gasteiger partial charge in [-0.15, -0.1) is 0 Å². The third-order valence-electron chi connectivity index (χ3n) is 6.16. The zero-order chi connectivity index (χ0) is 26.9. The molecule has 1 atom stereocenters. The molecule has 2 aromatic rings. The van der Waals surface area contributed by atoms with Crippen LogP contribution in [0.4, 0.5) is 31.2 Å². The molecular formula is C23H27FN6O6S. The summed E-state index contributed by atoms with van der Waals surface area (Å²) in [5, 5.41) is 13.9. The second-order valence-corrected chi connectivity index (χ2v) is 9.95. The van der Waals surface area contributed by atoms with E-state index in [0.717, 1.165) is 11.3 Å². The first kappa shape index (κ1) is 26.1. The number of anilines is 3. The minimum Gasteiger partial charge on any atom is -0.442 e. The molecule has 0 unspecified atom stereocenters. The summed E-state index contributed by atoms with van der Waals surface area (Å²) in [6.45, 7) is 3.14. The number of piperazine rings is 1. The summed E-state index contributed by atoms with van der Waals surface area (Å²) in [7, 11) is 3.36. The number of thiophene rings is 1. The highest BCUT2D eigenvalue weighted by molar-refractivity contribution is 7.17. The summed E-state index contributed by atoms with van der Waals surface area (Å²) in [4.78, 5) is 53.8. The Kier molecular flexibility index (Phi) is 7.47. The van der Waals surface area contributed by atoms with Crippen molar-refractivity contribution in [3.63, 3.8) is 0 Å². The van der Waals surface area contributed by atoms with Crippen LogP contribution in [-0.4, -0.2) is 87.2 Å². The van der Waals surface area contributed by atoms with Gasteiger partial charge in [0.15, 0.2) is 0 Å². The number of hydrogen-bond acceptors (Lipinski definition) is 9. The third kappa shape index (κ3) is 5.58. The molecule has 1 aromatic carbocycles. The topological polar surface area (TPSA) is 129 Å². The number of benzene rings is 1. The maximum Gasteiger partial charge on any atom is 0.414 e. The Balaban J connectivity index is 1.39. The number of nitro groups is 1. The van der Waals surface area contributed by atoms with Gasteiger partial charge in [0.25, 0.3) is 5.91 Å². The summed E-state index contributed by atoms with van der Waals surface area (Å²) in [5.41, 5.74) is 1.07. The number of nitrogens with zero attached hydrogens (tertiary/aromatic N) is 5. The van der Waals surface area contributed by atoms with Crippen molar-refractivity contribution in [2.45, 2.75) is 13.0 Å². The Morgan fingerprint density at radius 2 is 1.95 bits per heavy atom. The molecule has 2 aliphatic rings. The lowest BCUT2D eigenvalue weighted by atomic mass is 10.2. The Morgan fingerprint density at radius 3 is 2.51 bits per heavy atom. The first-order valence-electron chi connectivity index (χ1n) is 11.6. The van der Waals surface area contributed by atoms with Crippen molar-refractivity contribution in [3.8, 4) is 0 Å². The molecule has 1 N–H and O–H groups in total. The largest absolute Gasteiger partial charge is 0.442 e. The Labute approximate surface area is 216 Å². The van der Waals surface area contributed by atoms with E-state index in [4.69, 9.17) is 4.74 Å². The molecule has 0 bridgehead atoms. The van der Waals surface area contributed by atoms with Crippen LogP contribution >= 0.6 is 11.3 Å². The molecule has 0 radical (unpaired) electrons. The lowest BCUT2D eigenvalue weighted by Crippen LogP contribution is -2.48. The second kappa shape index (κ2) is 10.6. The van der Waals surface area contributed by atoms with Crippen molar-refractivity contribution in [3.05, 3.63) is 45.1 Å². The van der Waals surface area contributed by atoms with Gasteiger partial charge in [-0.2, -0.15) is 0 Å². The van der Waals surface area contributed by atoms with E-state index >= 15 is 4.39 Å². The number of halogens is 1. The fourth-order valence-corrected chi connectivity index (χ4v) is 5.27.